The first-order valence-corrected chi connectivity index (χ1v) is 7.63. The fourth-order valence-electron chi connectivity index (χ4n) is 2.50. The summed E-state index contributed by atoms with van der Waals surface area (Å²) in [6.45, 7) is 5.75. The Bertz CT molecular complexity index is 546. The maximum atomic E-state index is 5.23. The Kier molecular flexibility index (Phi) is 5.81. The molecule has 0 unspecified atom stereocenters. The molecular weight excluding hydrogens is 262 g/mol. The van der Waals surface area contributed by atoms with Crippen molar-refractivity contribution in [2.45, 2.75) is 45.9 Å². The molecule has 0 saturated carbocycles. The zero-order chi connectivity index (χ0) is 15.1. The number of anilines is 1. The summed E-state index contributed by atoms with van der Waals surface area (Å²) in [6.07, 6.45) is 4.30. The van der Waals surface area contributed by atoms with E-state index in [0.717, 1.165) is 30.8 Å². The lowest BCUT2D eigenvalue weighted by molar-refractivity contribution is 0.185. The summed E-state index contributed by atoms with van der Waals surface area (Å²) in [5.74, 6) is 0. The SMILES string of the molecule is CCC(CC)n1ccc(CNc2ccccc2COC)n1. The van der Waals surface area contributed by atoms with Crippen molar-refractivity contribution in [3.05, 3.63) is 47.8 Å². The molecule has 0 aliphatic rings. The molecule has 0 atom stereocenters. The molecule has 1 N–H and O–H groups in total. The highest BCUT2D eigenvalue weighted by atomic mass is 16.5. The van der Waals surface area contributed by atoms with Gasteiger partial charge in [0.25, 0.3) is 0 Å². The molecule has 0 aliphatic carbocycles. The van der Waals surface area contributed by atoms with Gasteiger partial charge >= 0.3 is 0 Å². The second-order valence-corrected chi connectivity index (χ2v) is 5.20. The topological polar surface area (TPSA) is 39.1 Å². The molecule has 0 bridgehead atoms. The summed E-state index contributed by atoms with van der Waals surface area (Å²) in [4.78, 5) is 0. The van der Waals surface area contributed by atoms with Crippen LogP contribution in [-0.2, 0) is 17.9 Å². The molecule has 0 fully saturated rings. The van der Waals surface area contributed by atoms with E-state index < -0.39 is 0 Å². The minimum Gasteiger partial charge on any atom is -0.380 e. The number of rotatable bonds is 8. The highest BCUT2D eigenvalue weighted by molar-refractivity contribution is 5.50. The second kappa shape index (κ2) is 7.84. The molecular formula is C17H25N3O. The molecule has 0 radical (unpaired) electrons. The molecule has 21 heavy (non-hydrogen) atoms. The zero-order valence-corrected chi connectivity index (χ0v) is 13.2. The van der Waals surface area contributed by atoms with Gasteiger partial charge in [0.1, 0.15) is 0 Å². The van der Waals surface area contributed by atoms with Gasteiger partial charge in [0.2, 0.25) is 0 Å². The Morgan fingerprint density at radius 2 is 1.95 bits per heavy atom. The summed E-state index contributed by atoms with van der Waals surface area (Å²) in [6, 6.07) is 10.8. The van der Waals surface area contributed by atoms with Crippen molar-refractivity contribution in [2.24, 2.45) is 0 Å². The molecule has 0 aliphatic heterocycles. The lowest BCUT2D eigenvalue weighted by atomic mass is 10.2. The standard InChI is InChI=1S/C17H25N3O/c1-4-16(5-2)20-11-10-15(19-20)12-18-17-9-7-6-8-14(17)13-21-3/h6-11,16,18H,4-5,12-13H2,1-3H3. The van der Waals surface area contributed by atoms with E-state index in [1.165, 1.54) is 5.56 Å². The van der Waals surface area contributed by atoms with E-state index in [1.54, 1.807) is 7.11 Å². The molecule has 0 amide bonds. The van der Waals surface area contributed by atoms with Crippen molar-refractivity contribution in [1.29, 1.82) is 0 Å². The third kappa shape index (κ3) is 4.08. The molecule has 1 aromatic heterocycles. The number of benzene rings is 1. The Morgan fingerprint density at radius 3 is 2.67 bits per heavy atom. The Morgan fingerprint density at radius 1 is 1.19 bits per heavy atom. The number of nitrogens with zero attached hydrogens (tertiary/aromatic N) is 2. The number of para-hydroxylation sites is 1. The van der Waals surface area contributed by atoms with Crippen molar-refractivity contribution in [3.8, 4) is 0 Å². The summed E-state index contributed by atoms with van der Waals surface area (Å²) in [5.41, 5.74) is 3.34. The number of methoxy groups -OCH3 is 1. The van der Waals surface area contributed by atoms with Gasteiger partial charge in [-0.05, 0) is 25.0 Å². The lowest BCUT2D eigenvalue weighted by Gasteiger charge is -2.13. The Hall–Kier alpha value is -1.81. The molecule has 2 rings (SSSR count). The van der Waals surface area contributed by atoms with Gasteiger partial charge in [-0.2, -0.15) is 5.10 Å². The highest BCUT2D eigenvalue weighted by Crippen LogP contribution is 2.18. The summed E-state index contributed by atoms with van der Waals surface area (Å²) >= 11 is 0. The molecule has 0 saturated heterocycles. The number of aromatic nitrogens is 2. The van der Waals surface area contributed by atoms with Gasteiger partial charge in [-0.15, -0.1) is 0 Å². The van der Waals surface area contributed by atoms with Crippen LogP contribution in [0.1, 0.15) is 44.0 Å². The van der Waals surface area contributed by atoms with Crippen LogP contribution in [0.4, 0.5) is 5.69 Å². The van der Waals surface area contributed by atoms with Crippen molar-refractivity contribution in [3.63, 3.8) is 0 Å². The minimum absolute atomic E-state index is 0.500. The van der Waals surface area contributed by atoms with Crippen LogP contribution < -0.4 is 5.32 Å². The van der Waals surface area contributed by atoms with Gasteiger partial charge in [-0.1, -0.05) is 32.0 Å². The number of nitrogens with one attached hydrogen (secondary N) is 1. The van der Waals surface area contributed by atoms with E-state index in [4.69, 9.17) is 4.74 Å². The Balaban J connectivity index is 2.00. The first-order valence-electron chi connectivity index (χ1n) is 7.63. The predicted octanol–water partition coefficient (Wildman–Crippen LogP) is 4.00. The smallest absolute Gasteiger partial charge is 0.0815 e. The highest BCUT2D eigenvalue weighted by Gasteiger charge is 2.08. The first-order chi connectivity index (χ1) is 10.3. The largest absolute Gasteiger partial charge is 0.380 e. The quantitative estimate of drug-likeness (QED) is 0.797. The van der Waals surface area contributed by atoms with Crippen molar-refractivity contribution < 1.29 is 4.74 Å². The first kappa shape index (κ1) is 15.6. The van der Waals surface area contributed by atoms with Gasteiger partial charge in [0.05, 0.1) is 24.9 Å². The van der Waals surface area contributed by atoms with Crippen LogP contribution in [0.15, 0.2) is 36.5 Å². The Labute approximate surface area is 127 Å². The summed E-state index contributed by atoms with van der Waals surface area (Å²) in [7, 11) is 1.72. The predicted molar refractivity (Wildman–Crippen MR) is 86.3 cm³/mol. The van der Waals surface area contributed by atoms with E-state index in [9.17, 15) is 0 Å². The summed E-state index contributed by atoms with van der Waals surface area (Å²) in [5, 5.41) is 8.11. The van der Waals surface area contributed by atoms with Crippen molar-refractivity contribution in [1.82, 2.24) is 9.78 Å². The van der Waals surface area contributed by atoms with Crippen LogP contribution >= 0.6 is 0 Å². The van der Waals surface area contributed by atoms with Gasteiger partial charge in [-0.25, -0.2) is 0 Å². The molecule has 2 aromatic rings. The third-order valence-corrected chi connectivity index (χ3v) is 3.76. The maximum absolute atomic E-state index is 5.23. The van der Waals surface area contributed by atoms with Gasteiger partial charge in [0, 0.05) is 24.6 Å². The van der Waals surface area contributed by atoms with E-state index in [2.05, 4.69) is 53.3 Å². The zero-order valence-electron chi connectivity index (χ0n) is 13.2. The second-order valence-electron chi connectivity index (χ2n) is 5.20. The van der Waals surface area contributed by atoms with Crippen LogP contribution in [0.3, 0.4) is 0 Å². The average Bonchev–Trinajstić information content (AvgIpc) is 2.97. The molecule has 4 nitrogen and oxygen atoms in total. The van der Waals surface area contributed by atoms with E-state index in [1.807, 2.05) is 12.1 Å². The third-order valence-electron chi connectivity index (χ3n) is 3.76. The van der Waals surface area contributed by atoms with Crippen LogP contribution in [0, 0.1) is 0 Å². The van der Waals surface area contributed by atoms with Crippen LogP contribution in [-0.4, -0.2) is 16.9 Å². The van der Waals surface area contributed by atoms with Crippen LogP contribution in [0.2, 0.25) is 0 Å². The molecule has 4 heteroatoms. The molecule has 1 heterocycles. The fourth-order valence-corrected chi connectivity index (χ4v) is 2.50. The van der Waals surface area contributed by atoms with E-state index in [0.29, 0.717) is 12.6 Å². The van der Waals surface area contributed by atoms with E-state index >= 15 is 0 Å². The molecule has 0 spiro atoms. The van der Waals surface area contributed by atoms with Gasteiger partial charge < -0.3 is 10.1 Å². The molecule has 114 valence electrons. The monoisotopic (exact) mass is 287 g/mol. The average molecular weight is 287 g/mol. The lowest BCUT2D eigenvalue weighted by Crippen LogP contribution is -2.09. The summed E-state index contributed by atoms with van der Waals surface area (Å²) < 4.78 is 7.31. The van der Waals surface area contributed by atoms with E-state index in [-0.39, 0.29) is 0 Å². The fraction of sp³-hybridized carbons (Fsp3) is 0.471. The van der Waals surface area contributed by atoms with Crippen molar-refractivity contribution >= 4 is 5.69 Å². The van der Waals surface area contributed by atoms with Gasteiger partial charge in [0.15, 0.2) is 0 Å². The van der Waals surface area contributed by atoms with Crippen LogP contribution in [0.5, 0.6) is 0 Å². The number of hydrogen-bond donors (Lipinski definition) is 1. The maximum Gasteiger partial charge on any atom is 0.0815 e. The molecule has 1 aromatic carbocycles. The van der Waals surface area contributed by atoms with Gasteiger partial charge in [-0.3, -0.25) is 4.68 Å². The normalized spacial score (nSPS) is 11.0. The van der Waals surface area contributed by atoms with Crippen LogP contribution in [0.25, 0.3) is 0 Å². The van der Waals surface area contributed by atoms with Crippen molar-refractivity contribution in [2.75, 3.05) is 12.4 Å². The number of ether oxygens (including phenoxy) is 1. The number of hydrogen-bond acceptors (Lipinski definition) is 3. The minimum atomic E-state index is 0.500.